The van der Waals surface area contributed by atoms with E-state index in [1.807, 2.05) is 18.2 Å². The maximum atomic E-state index is 11.6. The molecule has 2 nitrogen and oxygen atoms in total. The molecule has 0 radical (unpaired) electrons. The summed E-state index contributed by atoms with van der Waals surface area (Å²) in [6.45, 7) is 3.04. The van der Waals surface area contributed by atoms with Gasteiger partial charge in [-0.05, 0) is 37.8 Å². The molecule has 0 bridgehead atoms. The Bertz CT molecular complexity index is 420. The van der Waals surface area contributed by atoms with Gasteiger partial charge in [0, 0.05) is 5.92 Å². The van der Waals surface area contributed by atoms with Crippen LogP contribution in [0.5, 0.6) is 0 Å². The van der Waals surface area contributed by atoms with E-state index in [2.05, 4.69) is 6.07 Å². The summed E-state index contributed by atoms with van der Waals surface area (Å²) in [4.78, 5) is 23.1. The molecule has 0 aliphatic heterocycles. The molecule has 1 unspecified atom stereocenters. The standard InChI is InChI=1S/C14H16O2/c1-9(15)14(10(2)16)13-8-7-11-5-3-4-6-12(11)13/h3-6,13-14H,7-8H2,1-2H3. The Morgan fingerprint density at radius 1 is 1.19 bits per heavy atom. The molecule has 2 heteroatoms. The molecule has 0 spiro atoms. The van der Waals surface area contributed by atoms with Crippen LogP contribution in [0.4, 0.5) is 0 Å². The average Bonchev–Trinajstić information content (AvgIpc) is 2.61. The number of ketones is 2. The maximum absolute atomic E-state index is 11.6. The van der Waals surface area contributed by atoms with E-state index in [9.17, 15) is 9.59 Å². The van der Waals surface area contributed by atoms with Crippen molar-refractivity contribution in [2.75, 3.05) is 0 Å². The van der Waals surface area contributed by atoms with Crippen LogP contribution >= 0.6 is 0 Å². The molecule has 1 aromatic carbocycles. The molecular weight excluding hydrogens is 200 g/mol. The van der Waals surface area contributed by atoms with Crippen molar-refractivity contribution in [1.29, 1.82) is 0 Å². The van der Waals surface area contributed by atoms with Crippen molar-refractivity contribution in [2.24, 2.45) is 5.92 Å². The van der Waals surface area contributed by atoms with Gasteiger partial charge in [0.15, 0.2) is 0 Å². The number of carbonyl (C=O) groups excluding carboxylic acids is 2. The van der Waals surface area contributed by atoms with E-state index in [0.29, 0.717) is 0 Å². The van der Waals surface area contributed by atoms with Gasteiger partial charge < -0.3 is 0 Å². The van der Waals surface area contributed by atoms with E-state index in [1.54, 1.807) is 0 Å². The molecule has 0 saturated carbocycles. The van der Waals surface area contributed by atoms with Gasteiger partial charge in [-0.15, -0.1) is 0 Å². The smallest absolute Gasteiger partial charge is 0.140 e. The highest BCUT2D eigenvalue weighted by Gasteiger charge is 2.34. The third kappa shape index (κ3) is 1.80. The second kappa shape index (κ2) is 4.20. The minimum Gasteiger partial charge on any atom is -0.299 e. The lowest BCUT2D eigenvalue weighted by Crippen LogP contribution is -2.25. The molecule has 0 amide bonds. The van der Waals surface area contributed by atoms with Crippen LogP contribution in [0.1, 0.15) is 37.3 Å². The minimum absolute atomic E-state index is 0.00537. The van der Waals surface area contributed by atoms with Crippen molar-refractivity contribution < 1.29 is 9.59 Å². The van der Waals surface area contributed by atoms with E-state index >= 15 is 0 Å². The highest BCUT2D eigenvalue weighted by molar-refractivity contribution is 6.01. The number of carbonyl (C=O) groups is 2. The highest BCUT2D eigenvalue weighted by atomic mass is 16.1. The van der Waals surface area contributed by atoms with E-state index in [4.69, 9.17) is 0 Å². The number of hydrogen-bond acceptors (Lipinski definition) is 2. The predicted molar refractivity (Wildman–Crippen MR) is 62.4 cm³/mol. The molecule has 2 rings (SSSR count). The van der Waals surface area contributed by atoms with Gasteiger partial charge in [-0.2, -0.15) is 0 Å². The van der Waals surface area contributed by atoms with Crippen LogP contribution in [0, 0.1) is 5.92 Å². The Morgan fingerprint density at radius 2 is 1.81 bits per heavy atom. The van der Waals surface area contributed by atoms with Crippen molar-refractivity contribution in [3.05, 3.63) is 35.4 Å². The summed E-state index contributed by atoms with van der Waals surface area (Å²) in [6, 6.07) is 8.13. The Hall–Kier alpha value is -1.44. The van der Waals surface area contributed by atoms with Crippen LogP contribution in [0.15, 0.2) is 24.3 Å². The first-order valence-corrected chi connectivity index (χ1v) is 5.70. The number of rotatable bonds is 3. The number of Topliss-reactive ketones (excluding diaryl/α,β-unsaturated/α-hetero) is 2. The van der Waals surface area contributed by atoms with E-state index < -0.39 is 5.92 Å². The first-order valence-electron chi connectivity index (χ1n) is 5.70. The van der Waals surface area contributed by atoms with Gasteiger partial charge in [-0.25, -0.2) is 0 Å². The summed E-state index contributed by atoms with van der Waals surface area (Å²) in [5.41, 5.74) is 2.48. The highest BCUT2D eigenvalue weighted by Crippen LogP contribution is 2.38. The van der Waals surface area contributed by atoms with E-state index in [0.717, 1.165) is 12.8 Å². The predicted octanol–water partition coefficient (Wildman–Crippen LogP) is 2.51. The largest absolute Gasteiger partial charge is 0.299 e. The summed E-state index contributed by atoms with van der Waals surface area (Å²) < 4.78 is 0. The van der Waals surface area contributed by atoms with Crippen LogP contribution in [-0.2, 0) is 16.0 Å². The van der Waals surface area contributed by atoms with Crippen molar-refractivity contribution in [3.63, 3.8) is 0 Å². The number of benzene rings is 1. The lowest BCUT2D eigenvalue weighted by molar-refractivity contribution is -0.131. The van der Waals surface area contributed by atoms with Crippen LogP contribution in [0.25, 0.3) is 0 Å². The average molecular weight is 216 g/mol. The minimum atomic E-state index is -0.441. The fraction of sp³-hybridized carbons (Fsp3) is 0.429. The molecule has 1 aromatic rings. The van der Waals surface area contributed by atoms with Crippen LogP contribution < -0.4 is 0 Å². The van der Waals surface area contributed by atoms with Crippen LogP contribution in [-0.4, -0.2) is 11.6 Å². The van der Waals surface area contributed by atoms with Gasteiger partial charge in [0.25, 0.3) is 0 Å². The third-order valence-electron chi connectivity index (χ3n) is 3.46. The molecule has 0 aromatic heterocycles. The molecule has 1 atom stereocenters. The summed E-state index contributed by atoms with van der Waals surface area (Å²) in [5.74, 6) is -0.349. The Balaban J connectivity index is 2.36. The molecule has 0 N–H and O–H groups in total. The second-order valence-corrected chi connectivity index (χ2v) is 4.54. The zero-order chi connectivity index (χ0) is 11.7. The Labute approximate surface area is 95.7 Å². The summed E-state index contributed by atoms with van der Waals surface area (Å²) >= 11 is 0. The SMILES string of the molecule is CC(=O)C(C(C)=O)C1CCc2ccccc21. The van der Waals surface area contributed by atoms with Gasteiger partial charge in [-0.3, -0.25) is 9.59 Å². The molecule has 1 aliphatic rings. The zero-order valence-corrected chi connectivity index (χ0v) is 9.69. The van der Waals surface area contributed by atoms with Crippen molar-refractivity contribution >= 4 is 11.6 Å². The van der Waals surface area contributed by atoms with Crippen molar-refractivity contribution in [2.45, 2.75) is 32.6 Å². The maximum Gasteiger partial charge on any atom is 0.140 e. The fourth-order valence-corrected chi connectivity index (χ4v) is 2.79. The Kier molecular flexibility index (Phi) is 2.90. The van der Waals surface area contributed by atoms with Crippen LogP contribution in [0.3, 0.4) is 0 Å². The van der Waals surface area contributed by atoms with Gasteiger partial charge in [0.05, 0.1) is 5.92 Å². The topological polar surface area (TPSA) is 34.1 Å². The van der Waals surface area contributed by atoms with E-state index in [-0.39, 0.29) is 17.5 Å². The molecule has 0 fully saturated rings. The van der Waals surface area contributed by atoms with E-state index in [1.165, 1.54) is 25.0 Å². The molecule has 0 saturated heterocycles. The monoisotopic (exact) mass is 216 g/mol. The lowest BCUT2D eigenvalue weighted by atomic mass is 9.82. The third-order valence-corrected chi connectivity index (χ3v) is 3.46. The summed E-state index contributed by atoms with van der Waals surface area (Å²) in [7, 11) is 0. The quantitative estimate of drug-likeness (QED) is 0.727. The lowest BCUT2D eigenvalue weighted by Gasteiger charge is -2.19. The molecule has 0 heterocycles. The Morgan fingerprint density at radius 3 is 2.44 bits per heavy atom. The molecule has 16 heavy (non-hydrogen) atoms. The van der Waals surface area contributed by atoms with Gasteiger partial charge in [0.2, 0.25) is 0 Å². The molecular formula is C14H16O2. The second-order valence-electron chi connectivity index (χ2n) is 4.54. The molecule has 84 valence electrons. The summed E-state index contributed by atoms with van der Waals surface area (Å²) in [6.07, 6.45) is 1.90. The van der Waals surface area contributed by atoms with Gasteiger partial charge in [-0.1, -0.05) is 24.3 Å². The summed E-state index contributed by atoms with van der Waals surface area (Å²) in [5, 5.41) is 0. The first-order chi connectivity index (χ1) is 7.61. The van der Waals surface area contributed by atoms with Gasteiger partial charge >= 0.3 is 0 Å². The molecule has 1 aliphatic carbocycles. The number of fused-ring (bicyclic) bond motifs is 1. The first kappa shape index (κ1) is 11.1. The zero-order valence-electron chi connectivity index (χ0n) is 9.69. The van der Waals surface area contributed by atoms with Crippen molar-refractivity contribution in [1.82, 2.24) is 0 Å². The van der Waals surface area contributed by atoms with Crippen molar-refractivity contribution in [3.8, 4) is 0 Å². The van der Waals surface area contributed by atoms with Gasteiger partial charge in [0.1, 0.15) is 11.6 Å². The normalized spacial score (nSPS) is 18.6. The number of hydrogen-bond donors (Lipinski definition) is 0. The number of aryl methyl sites for hydroxylation is 1. The van der Waals surface area contributed by atoms with Crippen LogP contribution in [0.2, 0.25) is 0 Å². The fourth-order valence-electron chi connectivity index (χ4n) is 2.79.